The second-order valence-electron chi connectivity index (χ2n) is 5.46. The highest BCUT2D eigenvalue weighted by Gasteiger charge is 2.42. The molecular formula is C20H25NO4. The molecule has 0 aliphatic rings. The van der Waals surface area contributed by atoms with Gasteiger partial charge in [0.1, 0.15) is 6.61 Å². The van der Waals surface area contributed by atoms with Gasteiger partial charge in [0.15, 0.2) is 5.54 Å². The first-order valence-corrected chi connectivity index (χ1v) is 8.05. The normalized spacial score (nSPS) is 12.6. The maximum absolute atomic E-state index is 12.7. The number of hydrogen-bond acceptors (Lipinski definition) is 4. The molecule has 0 aliphatic carbocycles. The Labute approximate surface area is 149 Å². The summed E-state index contributed by atoms with van der Waals surface area (Å²) in [6, 6.07) is 9.35. The van der Waals surface area contributed by atoms with E-state index in [1.54, 1.807) is 32.1 Å². The fourth-order valence-electron chi connectivity index (χ4n) is 2.16. The van der Waals surface area contributed by atoms with Crippen molar-refractivity contribution in [2.24, 2.45) is 0 Å². The molecule has 5 nitrogen and oxygen atoms in total. The van der Waals surface area contributed by atoms with E-state index in [1.807, 2.05) is 37.3 Å². The first kappa shape index (κ1) is 20.3. The number of esters is 1. The molecule has 0 fully saturated rings. The van der Waals surface area contributed by atoms with Crippen molar-refractivity contribution < 1.29 is 19.1 Å². The van der Waals surface area contributed by atoms with Crippen LogP contribution in [0.1, 0.15) is 26.3 Å². The van der Waals surface area contributed by atoms with Crippen molar-refractivity contribution in [1.82, 2.24) is 4.90 Å². The van der Waals surface area contributed by atoms with Gasteiger partial charge in [0.05, 0.1) is 7.11 Å². The Morgan fingerprint density at radius 3 is 2.48 bits per heavy atom. The van der Waals surface area contributed by atoms with E-state index in [-0.39, 0.29) is 13.2 Å². The van der Waals surface area contributed by atoms with Gasteiger partial charge in [-0.2, -0.15) is 0 Å². The van der Waals surface area contributed by atoms with Crippen molar-refractivity contribution >= 4 is 12.1 Å². The predicted molar refractivity (Wildman–Crippen MR) is 96.9 cm³/mol. The molecule has 0 aliphatic heterocycles. The Bertz CT molecular complexity index is 656. The second kappa shape index (κ2) is 10.2. The molecule has 0 saturated heterocycles. The van der Waals surface area contributed by atoms with E-state index < -0.39 is 17.6 Å². The molecule has 5 heteroatoms. The zero-order valence-electron chi connectivity index (χ0n) is 15.2. The third-order valence-corrected chi connectivity index (χ3v) is 3.64. The zero-order chi connectivity index (χ0) is 18.7. The van der Waals surface area contributed by atoms with Crippen LogP contribution in [0.3, 0.4) is 0 Å². The lowest BCUT2D eigenvalue weighted by Gasteiger charge is -2.34. The van der Waals surface area contributed by atoms with Crippen molar-refractivity contribution in [3.8, 4) is 0 Å². The fourth-order valence-corrected chi connectivity index (χ4v) is 2.16. The topological polar surface area (TPSA) is 55.8 Å². The summed E-state index contributed by atoms with van der Waals surface area (Å²) >= 11 is 0. The highest BCUT2D eigenvalue weighted by atomic mass is 16.6. The van der Waals surface area contributed by atoms with Gasteiger partial charge in [-0.05, 0) is 38.5 Å². The third-order valence-electron chi connectivity index (χ3n) is 3.64. The zero-order valence-corrected chi connectivity index (χ0v) is 15.2. The minimum atomic E-state index is -1.32. The highest BCUT2D eigenvalue weighted by molar-refractivity contribution is 5.87. The maximum Gasteiger partial charge on any atom is 0.411 e. The maximum atomic E-state index is 12.7. The molecule has 0 N–H and O–H groups in total. The molecular weight excluding hydrogens is 318 g/mol. The van der Waals surface area contributed by atoms with Gasteiger partial charge < -0.3 is 9.47 Å². The van der Waals surface area contributed by atoms with Crippen LogP contribution in [-0.4, -0.2) is 36.2 Å². The lowest BCUT2D eigenvalue weighted by atomic mass is 10.00. The summed E-state index contributed by atoms with van der Waals surface area (Å²) in [7, 11) is 1.28. The van der Waals surface area contributed by atoms with Crippen LogP contribution in [0.4, 0.5) is 4.79 Å². The Balaban J connectivity index is 3.08. The fraction of sp³-hybridized carbons (Fsp3) is 0.350. The van der Waals surface area contributed by atoms with Crippen LogP contribution >= 0.6 is 0 Å². The van der Waals surface area contributed by atoms with E-state index in [2.05, 4.69) is 5.73 Å². The van der Waals surface area contributed by atoms with Crippen LogP contribution in [0, 0.1) is 0 Å². The summed E-state index contributed by atoms with van der Waals surface area (Å²) in [5.41, 5.74) is 2.41. The number of methoxy groups -OCH3 is 1. The minimum Gasteiger partial charge on any atom is -0.467 e. The SMILES string of the molecule is CC=C=CC(C)(C(=O)OC)N(C/C=C/C)C(=O)OCc1ccccc1. The molecule has 0 radical (unpaired) electrons. The summed E-state index contributed by atoms with van der Waals surface area (Å²) in [6.07, 6.45) is 6.13. The van der Waals surface area contributed by atoms with Gasteiger partial charge in [-0.1, -0.05) is 42.5 Å². The first-order chi connectivity index (χ1) is 12.0. The van der Waals surface area contributed by atoms with Crippen LogP contribution in [-0.2, 0) is 20.9 Å². The van der Waals surface area contributed by atoms with E-state index in [9.17, 15) is 9.59 Å². The number of nitrogens with zero attached hydrogens (tertiary/aromatic N) is 1. The Hall–Kier alpha value is -2.78. The lowest BCUT2D eigenvalue weighted by Crippen LogP contribution is -2.54. The lowest BCUT2D eigenvalue weighted by molar-refractivity contribution is -0.150. The van der Waals surface area contributed by atoms with Gasteiger partial charge in [0.25, 0.3) is 0 Å². The molecule has 0 bridgehead atoms. The number of carbonyl (C=O) groups excluding carboxylic acids is 2. The van der Waals surface area contributed by atoms with Crippen LogP contribution in [0.25, 0.3) is 0 Å². The van der Waals surface area contributed by atoms with E-state index in [4.69, 9.17) is 9.47 Å². The van der Waals surface area contributed by atoms with Crippen LogP contribution in [0.15, 0.2) is 60.4 Å². The first-order valence-electron chi connectivity index (χ1n) is 8.05. The van der Waals surface area contributed by atoms with E-state index in [0.29, 0.717) is 0 Å². The van der Waals surface area contributed by atoms with Gasteiger partial charge in [0, 0.05) is 6.54 Å². The average molecular weight is 343 g/mol. The second-order valence-corrected chi connectivity index (χ2v) is 5.46. The summed E-state index contributed by atoms with van der Waals surface area (Å²) in [5, 5.41) is 0. The summed E-state index contributed by atoms with van der Waals surface area (Å²) in [4.78, 5) is 26.3. The van der Waals surface area contributed by atoms with E-state index in [0.717, 1.165) is 5.56 Å². The molecule has 1 aromatic rings. The summed E-state index contributed by atoms with van der Waals surface area (Å²) < 4.78 is 10.3. The van der Waals surface area contributed by atoms with Crippen molar-refractivity contribution in [2.45, 2.75) is 32.9 Å². The predicted octanol–water partition coefficient (Wildman–Crippen LogP) is 3.86. The standard InChI is InChI=1S/C20H25NO4/c1-5-7-14-20(3,18(22)24-4)21(15-8-6-2)19(23)25-16-17-12-10-9-11-13-17/h5-6,8-14H,15-16H2,1-4H3/b8-6+. The molecule has 0 saturated carbocycles. The van der Waals surface area contributed by atoms with Gasteiger partial charge in [-0.15, -0.1) is 5.73 Å². The van der Waals surface area contributed by atoms with Crippen molar-refractivity contribution in [3.05, 3.63) is 65.9 Å². The number of hydrogen-bond donors (Lipinski definition) is 0. The summed E-state index contributed by atoms with van der Waals surface area (Å²) in [5.74, 6) is -0.567. The van der Waals surface area contributed by atoms with E-state index in [1.165, 1.54) is 18.1 Å². The monoisotopic (exact) mass is 343 g/mol. The number of carbonyl (C=O) groups is 2. The van der Waals surface area contributed by atoms with Crippen molar-refractivity contribution in [1.29, 1.82) is 0 Å². The number of ether oxygens (including phenoxy) is 2. The number of amides is 1. The summed E-state index contributed by atoms with van der Waals surface area (Å²) in [6.45, 7) is 5.54. The molecule has 0 spiro atoms. The third kappa shape index (κ3) is 5.66. The van der Waals surface area contributed by atoms with Gasteiger partial charge in [-0.25, -0.2) is 9.59 Å². The average Bonchev–Trinajstić information content (AvgIpc) is 2.65. The quantitative estimate of drug-likeness (QED) is 0.428. The van der Waals surface area contributed by atoms with Crippen LogP contribution in [0.5, 0.6) is 0 Å². The Morgan fingerprint density at radius 2 is 1.92 bits per heavy atom. The molecule has 1 aromatic carbocycles. The molecule has 1 atom stereocenters. The molecule has 0 heterocycles. The minimum absolute atomic E-state index is 0.122. The molecule has 134 valence electrons. The van der Waals surface area contributed by atoms with Crippen LogP contribution < -0.4 is 0 Å². The molecule has 1 amide bonds. The van der Waals surface area contributed by atoms with Gasteiger partial charge >= 0.3 is 12.1 Å². The van der Waals surface area contributed by atoms with Gasteiger partial charge in [0.2, 0.25) is 0 Å². The smallest absolute Gasteiger partial charge is 0.411 e. The molecule has 1 unspecified atom stereocenters. The van der Waals surface area contributed by atoms with E-state index >= 15 is 0 Å². The largest absolute Gasteiger partial charge is 0.467 e. The Morgan fingerprint density at radius 1 is 1.24 bits per heavy atom. The van der Waals surface area contributed by atoms with Crippen LogP contribution in [0.2, 0.25) is 0 Å². The van der Waals surface area contributed by atoms with Crippen molar-refractivity contribution in [2.75, 3.05) is 13.7 Å². The molecule has 25 heavy (non-hydrogen) atoms. The highest BCUT2D eigenvalue weighted by Crippen LogP contribution is 2.21. The van der Waals surface area contributed by atoms with Crippen molar-refractivity contribution in [3.63, 3.8) is 0 Å². The Kier molecular flexibility index (Phi) is 8.24. The molecule has 0 aromatic heterocycles. The number of allylic oxidation sites excluding steroid dienone is 1. The molecule has 1 rings (SSSR count). The van der Waals surface area contributed by atoms with Gasteiger partial charge in [-0.3, -0.25) is 4.90 Å². The number of benzene rings is 1. The number of rotatable bonds is 7.